The molecule has 0 saturated carbocycles. The van der Waals surface area contributed by atoms with E-state index in [1.54, 1.807) is 38.0 Å². The van der Waals surface area contributed by atoms with E-state index in [4.69, 9.17) is 5.73 Å². The third-order valence-corrected chi connectivity index (χ3v) is 8.31. The van der Waals surface area contributed by atoms with Gasteiger partial charge in [0.25, 0.3) is 0 Å². The number of aromatic amines is 2. The van der Waals surface area contributed by atoms with Gasteiger partial charge in [-0.15, -0.1) is 0 Å². The van der Waals surface area contributed by atoms with Crippen LogP contribution in [0.2, 0.25) is 0 Å². The Labute approximate surface area is 260 Å². The molecular formula is C32H40N6O5S. The summed E-state index contributed by atoms with van der Waals surface area (Å²) >= 11 is 1.57. The number of carboxylic acid groups (broad SMARTS) is 1. The molecule has 0 radical (unpaired) electrons. The molecule has 44 heavy (non-hydrogen) atoms. The van der Waals surface area contributed by atoms with E-state index >= 15 is 0 Å². The van der Waals surface area contributed by atoms with Crippen molar-refractivity contribution in [2.45, 2.75) is 57.3 Å². The molecule has 0 aliphatic heterocycles. The first-order valence-corrected chi connectivity index (χ1v) is 16.0. The standard InChI is InChI=1S/C32H40N6O5S/c1-18(2)28(32(42)43)38-31(41)27(15-20-17-35-25-11-7-5-9-22(20)25)37-30(40)26(36-29(39)23(33)12-13-44-3)14-19-16-34-24-10-6-4-8-21(19)24/h4-11,16-18,23,26-28,34-35H,12-15,33H2,1-3H3,(H,36,39)(H,37,40)(H,38,41)(H,42,43). The largest absolute Gasteiger partial charge is 0.480 e. The minimum absolute atomic E-state index is 0.0903. The van der Waals surface area contributed by atoms with Crippen molar-refractivity contribution >= 4 is 57.3 Å². The van der Waals surface area contributed by atoms with Gasteiger partial charge in [-0.1, -0.05) is 50.2 Å². The number of aliphatic carboxylic acids is 1. The smallest absolute Gasteiger partial charge is 0.326 e. The molecule has 11 nitrogen and oxygen atoms in total. The number of H-pyrrole nitrogens is 2. The number of fused-ring (bicyclic) bond motifs is 2. The average Bonchev–Trinajstić information content (AvgIpc) is 3.61. The van der Waals surface area contributed by atoms with Crippen LogP contribution in [0.5, 0.6) is 0 Å². The van der Waals surface area contributed by atoms with Crippen molar-refractivity contribution in [3.8, 4) is 0 Å². The summed E-state index contributed by atoms with van der Waals surface area (Å²) in [6.07, 6.45) is 6.15. The minimum Gasteiger partial charge on any atom is -0.480 e. The quantitative estimate of drug-likeness (QED) is 0.107. The average molecular weight is 621 g/mol. The second-order valence-electron chi connectivity index (χ2n) is 11.2. The van der Waals surface area contributed by atoms with Gasteiger partial charge >= 0.3 is 5.97 Å². The first-order valence-electron chi connectivity index (χ1n) is 14.6. The Hall–Kier alpha value is -4.29. The zero-order valence-electron chi connectivity index (χ0n) is 25.1. The van der Waals surface area contributed by atoms with Gasteiger partial charge in [-0.3, -0.25) is 14.4 Å². The maximum Gasteiger partial charge on any atom is 0.326 e. The molecule has 2 aromatic carbocycles. The zero-order chi connectivity index (χ0) is 31.8. The molecule has 8 N–H and O–H groups in total. The fourth-order valence-electron chi connectivity index (χ4n) is 5.15. The summed E-state index contributed by atoms with van der Waals surface area (Å²) in [5.74, 6) is -2.58. The number of nitrogens with two attached hydrogens (primary N) is 1. The monoisotopic (exact) mass is 620 g/mol. The number of thioether (sulfide) groups is 1. The van der Waals surface area contributed by atoms with E-state index in [0.29, 0.717) is 12.2 Å². The van der Waals surface area contributed by atoms with Gasteiger partial charge in [0.15, 0.2) is 0 Å². The van der Waals surface area contributed by atoms with Gasteiger partial charge in [0.1, 0.15) is 18.1 Å². The van der Waals surface area contributed by atoms with Crippen LogP contribution >= 0.6 is 11.8 Å². The van der Waals surface area contributed by atoms with Crippen LogP contribution in [0.3, 0.4) is 0 Å². The van der Waals surface area contributed by atoms with Crippen LogP contribution < -0.4 is 21.7 Å². The highest BCUT2D eigenvalue weighted by atomic mass is 32.2. The summed E-state index contributed by atoms with van der Waals surface area (Å²) < 4.78 is 0. The number of carboxylic acids is 1. The van der Waals surface area contributed by atoms with Gasteiger partial charge in [-0.05, 0) is 47.6 Å². The SMILES string of the molecule is CSCCC(N)C(=O)NC(Cc1c[nH]c2ccccc12)C(=O)NC(Cc1c[nH]c2ccccc12)C(=O)NC(C(=O)O)C(C)C. The molecule has 4 unspecified atom stereocenters. The van der Waals surface area contributed by atoms with Crippen molar-refractivity contribution in [2.75, 3.05) is 12.0 Å². The highest BCUT2D eigenvalue weighted by Gasteiger charge is 2.32. The lowest BCUT2D eigenvalue weighted by Crippen LogP contribution is -2.58. The van der Waals surface area contributed by atoms with Crippen LogP contribution in [0.4, 0.5) is 0 Å². The number of carbonyl (C=O) groups excluding carboxylic acids is 3. The number of aromatic nitrogens is 2. The number of hydrogen-bond donors (Lipinski definition) is 7. The van der Waals surface area contributed by atoms with Gasteiger partial charge in [-0.2, -0.15) is 11.8 Å². The number of benzene rings is 2. The third kappa shape index (κ3) is 8.00. The second kappa shape index (κ2) is 14.9. The van der Waals surface area contributed by atoms with Gasteiger partial charge in [0, 0.05) is 47.0 Å². The molecule has 4 rings (SSSR count). The Bertz CT molecular complexity index is 1610. The van der Waals surface area contributed by atoms with Crippen LogP contribution in [0.15, 0.2) is 60.9 Å². The number of nitrogens with one attached hydrogen (secondary N) is 5. The fraction of sp³-hybridized carbons (Fsp3) is 0.375. The summed E-state index contributed by atoms with van der Waals surface area (Å²) in [5, 5.41) is 19.7. The Kier molecular flexibility index (Phi) is 11.1. The lowest BCUT2D eigenvalue weighted by atomic mass is 10.00. The predicted molar refractivity (Wildman–Crippen MR) is 173 cm³/mol. The van der Waals surface area contributed by atoms with Crippen LogP contribution in [0.1, 0.15) is 31.4 Å². The summed E-state index contributed by atoms with van der Waals surface area (Å²) in [6.45, 7) is 3.39. The predicted octanol–water partition coefficient (Wildman–Crippen LogP) is 2.71. The Morgan fingerprint density at radius 3 is 1.75 bits per heavy atom. The minimum atomic E-state index is -1.17. The van der Waals surface area contributed by atoms with E-state index in [1.165, 1.54) is 0 Å². The molecule has 0 saturated heterocycles. The van der Waals surface area contributed by atoms with Crippen molar-refractivity contribution in [3.05, 3.63) is 72.1 Å². The summed E-state index contributed by atoms with van der Waals surface area (Å²) in [6, 6.07) is 11.0. The Morgan fingerprint density at radius 2 is 1.27 bits per heavy atom. The summed E-state index contributed by atoms with van der Waals surface area (Å²) in [4.78, 5) is 58.9. The van der Waals surface area contributed by atoms with E-state index in [1.807, 2.05) is 54.8 Å². The van der Waals surface area contributed by atoms with Gasteiger partial charge < -0.3 is 36.8 Å². The molecule has 234 valence electrons. The van der Waals surface area contributed by atoms with Gasteiger partial charge in [0.05, 0.1) is 6.04 Å². The van der Waals surface area contributed by atoms with Crippen molar-refractivity contribution < 1.29 is 24.3 Å². The lowest BCUT2D eigenvalue weighted by Gasteiger charge is -2.26. The lowest BCUT2D eigenvalue weighted by molar-refractivity contribution is -0.143. The molecule has 2 aromatic heterocycles. The van der Waals surface area contributed by atoms with Crippen LogP contribution in [0.25, 0.3) is 21.8 Å². The number of rotatable bonds is 15. The topological polar surface area (TPSA) is 182 Å². The first-order chi connectivity index (χ1) is 21.1. The van der Waals surface area contributed by atoms with E-state index in [0.717, 1.165) is 32.9 Å². The first kappa shape index (κ1) is 32.6. The maximum atomic E-state index is 14.0. The number of amides is 3. The fourth-order valence-corrected chi connectivity index (χ4v) is 5.64. The third-order valence-electron chi connectivity index (χ3n) is 7.66. The molecule has 0 aliphatic rings. The Morgan fingerprint density at radius 1 is 0.795 bits per heavy atom. The number of carbonyl (C=O) groups is 4. The van der Waals surface area contributed by atoms with Gasteiger partial charge in [-0.25, -0.2) is 4.79 Å². The van der Waals surface area contributed by atoms with E-state index in [-0.39, 0.29) is 12.8 Å². The van der Waals surface area contributed by atoms with Crippen molar-refractivity contribution in [1.82, 2.24) is 25.9 Å². The molecule has 3 amide bonds. The molecule has 2 heterocycles. The van der Waals surface area contributed by atoms with Crippen LogP contribution in [-0.4, -0.2) is 74.9 Å². The summed E-state index contributed by atoms with van der Waals surface area (Å²) in [5.41, 5.74) is 9.46. The van der Waals surface area contributed by atoms with Crippen LogP contribution in [-0.2, 0) is 32.0 Å². The zero-order valence-corrected chi connectivity index (χ0v) is 25.9. The normalized spacial score (nSPS) is 14.2. The molecule has 0 spiro atoms. The maximum absolute atomic E-state index is 14.0. The molecule has 0 bridgehead atoms. The highest BCUT2D eigenvalue weighted by molar-refractivity contribution is 7.98. The van der Waals surface area contributed by atoms with Crippen molar-refractivity contribution in [1.29, 1.82) is 0 Å². The molecular weight excluding hydrogens is 580 g/mol. The van der Waals surface area contributed by atoms with Crippen molar-refractivity contribution in [3.63, 3.8) is 0 Å². The summed E-state index contributed by atoms with van der Waals surface area (Å²) in [7, 11) is 0. The molecule has 4 atom stereocenters. The second-order valence-corrected chi connectivity index (χ2v) is 12.2. The van der Waals surface area contributed by atoms with Gasteiger partial charge in [0.2, 0.25) is 17.7 Å². The number of hydrogen-bond acceptors (Lipinski definition) is 6. The molecule has 0 aliphatic carbocycles. The van der Waals surface area contributed by atoms with Crippen molar-refractivity contribution in [2.24, 2.45) is 11.7 Å². The van der Waals surface area contributed by atoms with E-state index in [2.05, 4.69) is 25.9 Å². The Balaban J connectivity index is 1.63. The number of para-hydroxylation sites is 2. The van der Waals surface area contributed by atoms with E-state index < -0.39 is 53.8 Å². The highest BCUT2D eigenvalue weighted by Crippen LogP contribution is 2.21. The molecule has 0 fully saturated rings. The van der Waals surface area contributed by atoms with E-state index in [9.17, 15) is 24.3 Å². The van der Waals surface area contributed by atoms with Crippen LogP contribution in [0, 0.1) is 5.92 Å². The molecule has 12 heteroatoms. The molecule has 4 aromatic rings.